The van der Waals surface area contributed by atoms with Gasteiger partial charge in [-0.2, -0.15) is 0 Å². The summed E-state index contributed by atoms with van der Waals surface area (Å²) in [5, 5.41) is 22.8. The summed E-state index contributed by atoms with van der Waals surface area (Å²) in [4.78, 5) is 36.3. The summed E-state index contributed by atoms with van der Waals surface area (Å²) in [6.45, 7) is 0. The second kappa shape index (κ2) is 9.94. The van der Waals surface area contributed by atoms with Gasteiger partial charge < -0.3 is 21.1 Å². The van der Waals surface area contributed by atoms with E-state index in [0.29, 0.717) is 23.0 Å². The maximum atomic E-state index is 14.0. The molecule has 1 amide bonds. The van der Waals surface area contributed by atoms with Gasteiger partial charge in [0.15, 0.2) is 17.2 Å². The molecule has 4 heterocycles. The first-order valence-electron chi connectivity index (χ1n) is 11.5. The number of halogens is 1. The van der Waals surface area contributed by atoms with Crippen molar-refractivity contribution in [3.63, 3.8) is 0 Å². The van der Waals surface area contributed by atoms with Crippen molar-refractivity contribution in [3.8, 4) is 0 Å². The first-order chi connectivity index (χ1) is 17.5. The van der Waals surface area contributed by atoms with Crippen LogP contribution in [0.25, 0.3) is 5.65 Å². The number of aromatic nitrogens is 5. The van der Waals surface area contributed by atoms with Crippen molar-refractivity contribution < 1.29 is 19.1 Å². The molecule has 36 heavy (non-hydrogen) atoms. The van der Waals surface area contributed by atoms with E-state index in [1.807, 2.05) is 0 Å². The Morgan fingerprint density at radius 2 is 1.83 bits per heavy atom. The zero-order chi connectivity index (χ0) is 25.1. The number of aromatic carboxylic acids is 1. The molecule has 0 saturated heterocycles. The van der Waals surface area contributed by atoms with E-state index in [1.54, 1.807) is 6.07 Å². The Morgan fingerprint density at radius 1 is 1.00 bits per heavy atom. The number of nitrogens with zero attached hydrogens (tertiary/aromatic N) is 5. The van der Waals surface area contributed by atoms with Crippen molar-refractivity contribution in [3.05, 3.63) is 66.1 Å². The molecule has 0 aromatic carbocycles. The van der Waals surface area contributed by atoms with Crippen LogP contribution in [-0.4, -0.2) is 47.6 Å². The molecule has 12 heteroatoms. The molecule has 4 aromatic rings. The highest BCUT2D eigenvalue weighted by Crippen LogP contribution is 2.27. The first-order valence-corrected chi connectivity index (χ1v) is 11.5. The Hall–Kier alpha value is -4.61. The molecule has 4 aromatic heterocycles. The third kappa shape index (κ3) is 4.92. The number of carboxylic acid groups (broad SMARTS) is 1. The van der Waals surface area contributed by atoms with Crippen LogP contribution in [0.5, 0.6) is 0 Å². The van der Waals surface area contributed by atoms with Gasteiger partial charge in [-0.25, -0.2) is 23.7 Å². The van der Waals surface area contributed by atoms with Crippen molar-refractivity contribution in [1.29, 1.82) is 0 Å². The van der Waals surface area contributed by atoms with Gasteiger partial charge in [0.1, 0.15) is 11.6 Å². The van der Waals surface area contributed by atoms with Gasteiger partial charge >= 0.3 is 5.97 Å². The fraction of sp³-hybridized carbons (Fsp3) is 0.250. The number of rotatable bonds is 7. The summed E-state index contributed by atoms with van der Waals surface area (Å²) >= 11 is 0. The van der Waals surface area contributed by atoms with Crippen molar-refractivity contribution in [1.82, 2.24) is 24.6 Å². The Morgan fingerprint density at radius 3 is 2.56 bits per heavy atom. The highest BCUT2D eigenvalue weighted by Gasteiger charge is 2.20. The maximum absolute atomic E-state index is 14.0. The molecule has 1 saturated carbocycles. The molecule has 1 aliphatic rings. The molecule has 5 rings (SSSR count). The smallest absolute Gasteiger partial charge is 0.337 e. The summed E-state index contributed by atoms with van der Waals surface area (Å²) in [5.74, 6) is -1.41. The number of carbonyl (C=O) groups excluding carboxylic acids is 1. The third-order valence-corrected chi connectivity index (χ3v) is 5.95. The number of fused-ring (bicyclic) bond motifs is 1. The van der Waals surface area contributed by atoms with Gasteiger partial charge in [-0.05, 0) is 31.0 Å². The minimum Gasteiger partial charge on any atom is -0.478 e. The van der Waals surface area contributed by atoms with E-state index in [2.05, 4.69) is 36.0 Å². The number of anilines is 4. The first kappa shape index (κ1) is 23.1. The fourth-order valence-electron chi connectivity index (χ4n) is 4.14. The van der Waals surface area contributed by atoms with Gasteiger partial charge in [0.25, 0.3) is 5.91 Å². The normalized spacial score (nSPS) is 13.9. The summed E-state index contributed by atoms with van der Waals surface area (Å²) in [5.41, 5.74) is 0.998. The number of imidazole rings is 1. The minimum absolute atomic E-state index is 0.0116. The number of hydrogen-bond donors (Lipinski definition) is 4. The van der Waals surface area contributed by atoms with Crippen molar-refractivity contribution in [2.45, 2.75) is 38.1 Å². The number of amides is 1. The lowest BCUT2D eigenvalue weighted by molar-refractivity contribution is 0.0696. The number of carboxylic acids is 1. The lowest BCUT2D eigenvalue weighted by Crippen LogP contribution is -2.24. The van der Waals surface area contributed by atoms with Gasteiger partial charge in [-0.1, -0.05) is 19.3 Å². The zero-order valence-electron chi connectivity index (χ0n) is 19.1. The molecular weight excluding hydrogens is 467 g/mol. The van der Waals surface area contributed by atoms with E-state index in [9.17, 15) is 14.0 Å². The average Bonchev–Trinajstić information content (AvgIpc) is 3.31. The number of hydrogen-bond acceptors (Lipinski definition) is 8. The van der Waals surface area contributed by atoms with Crippen LogP contribution in [0.2, 0.25) is 0 Å². The van der Waals surface area contributed by atoms with Crippen LogP contribution in [0, 0.1) is 5.82 Å². The molecule has 0 unspecified atom stereocenters. The Balaban J connectivity index is 1.50. The second-order valence-corrected chi connectivity index (χ2v) is 8.47. The fourth-order valence-corrected chi connectivity index (χ4v) is 4.14. The minimum atomic E-state index is -1.08. The van der Waals surface area contributed by atoms with Gasteiger partial charge in [0, 0.05) is 24.5 Å². The van der Waals surface area contributed by atoms with E-state index >= 15 is 0 Å². The van der Waals surface area contributed by atoms with Gasteiger partial charge in [0.05, 0.1) is 29.3 Å². The lowest BCUT2D eigenvalue weighted by atomic mass is 9.95. The van der Waals surface area contributed by atoms with Crippen LogP contribution in [0.15, 0.2) is 49.1 Å². The number of carbonyl (C=O) groups is 2. The zero-order valence-corrected chi connectivity index (χ0v) is 19.1. The molecule has 4 N–H and O–H groups in total. The highest BCUT2D eigenvalue weighted by atomic mass is 19.1. The third-order valence-electron chi connectivity index (χ3n) is 5.95. The second-order valence-electron chi connectivity index (χ2n) is 8.47. The van der Waals surface area contributed by atoms with E-state index in [0.717, 1.165) is 31.9 Å². The molecular formula is C24H23FN8O3. The Labute approximate surface area is 204 Å². The Kier molecular flexibility index (Phi) is 6.39. The van der Waals surface area contributed by atoms with Gasteiger partial charge in [-0.3, -0.25) is 9.78 Å². The molecule has 1 aliphatic carbocycles. The monoisotopic (exact) mass is 490 g/mol. The summed E-state index contributed by atoms with van der Waals surface area (Å²) in [7, 11) is 0. The largest absolute Gasteiger partial charge is 0.478 e. The molecule has 0 spiro atoms. The van der Waals surface area contributed by atoms with Crippen LogP contribution >= 0.6 is 0 Å². The van der Waals surface area contributed by atoms with E-state index < -0.39 is 17.7 Å². The Bertz CT molecular complexity index is 1420. The van der Waals surface area contributed by atoms with E-state index in [4.69, 9.17) is 5.11 Å². The predicted molar refractivity (Wildman–Crippen MR) is 130 cm³/mol. The van der Waals surface area contributed by atoms with Crippen LogP contribution in [-0.2, 0) is 0 Å². The summed E-state index contributed by atoms with van der Waals surface area (Å²) in [6, 6.07) is 6.35. The topological polar surface area (TPSA) is 146 Å². The standard InChI is InChI=1S/C24H23FN8O3/c25-16-12-26-9-8-17(16)31-23(34)19-13-28-22-18(30-20-7-6-14(11-27-20)24(35)36)10-21(32-33(19)22)29-15-4-2-1-3-5-15/h6-13,15H,1-5H2,(H,27,30)(H,29,32)(H,35,36)(H,26,31,34). The van der Waals surface area contributed by atoms with E-state index in [-0.39, 0.29) is 23.0 Å². The number of nitrogens with one attached hydrogen (secondary N) is 3. The number of pyridine rings is 2. The summed E-state index contributed by atoms with van der Waals surface area (Å²) in [6.07, 6.45) is 10.5. The predicted octanol–water partition coefficient (Wildman–Crippen LogP) is 4.10. The molecule has 0 bridgehead atoms. The molecule has 0 radical (unpaired) electrons. The van der Waals surface area contributed by atoms with Crippen molar-refractivity contribution in [2.75, 3.05) is 16.0 Å². The highest BCUT2D eigenvalue weighted by molar-refractivity contribution is 6.03. The molecule has 0 aliphatic heterocycles. The van der Waals surface area contributed by atoms with Crippen molar-refractivity contribution >= 4 is 40.5 Å². The van der Waals surface area contributed by atoms with Crippen molar-refractivity contribution in [2.24, 2.45) is 0 Å². The molecule has 11 nitrogen and oxygen atoms in total. The SMILES string of the molecule is O=C(O)c1ccc(Nc2cc(NC3CCCCC3)nn3c(C(=O)Nc4ccncc4F)cnc23)nc1. The quantitative estimate of drug-likeness (QED) is 0.301. The molecule has 184 valence electrons. The lowest BCUT2D eigenvalue weighted by Gasteiger charge is -2.23. The summed E-state index contributed by atoms with van der Waals surface area (Å²) < 4.78 is 15.4. The van der Waals surface area contributed by atoms with Crippen LogP contribution in [0.1, 0.15) is 53.0 Å². The van der Waals surface area contributed by atoms with Gasteiger partial charge in [-0.15, -0.1) is 5.10 Å². The van der Waals surface area contributed by atoms with Crippen LogP contribution in [0.3, 0.4) is 0 Å². The van der Waals surface area contributed by atoms with Crippen LogP contribution in [0.4, 0.5) is 27.4 Å². The van der Waals surface area contributed by atoms with Gasteiger partial charge in [0.2, 0.25) is 0 Å². The average molecular weight is 490 g/mol. The molecule has 0 atom stereocenters. The van der Waals surface area contributed by atoms with Crippen LogP contribution < -0.4 is 16.0 Å². The maximum Gasteiger partial charge on any atom is 0.337 e. The van der Waals surface area contributed by atoms with E-state index in [1.165, 1.54) is 47.7 Å². The molecule has 1 fully saturated rings.